The van der Waals surface area contributed by atoms with Gasteiger partial charge >= 0.3 is 5.97 Å². The molecule has 116 valence electrons. The minimum absolute atomic E-state index is 0.138. The van der Waals surface area contributed by atoms with Gasteiger partial charge in [0.25, 0.3) is 0 Å². The number of carbonyl (C=O) groups is 1. The molecule has 0 heterocycles. The number of hydrogen-bond donors (Lipinski definition) is 1. The van der Waals surface area contributed by atoms with Crippen LogP contribution in [0.1, 0.15) is 40.0 Å². The van der Waals surface area contributed by atoms with E-state index in [1.807, 2.05) is 31.2 Å². The third-order valence-electron chi connectivity index (χ3n) is 4.13. The number of carbonyl (C=O) groups excluding carboxylic acids is 1. The van der Waals surface area contributed by atoms with E-state index in [2.05, 4.69) is 19.2 Å². The summed E-state index contributed by atoms with van der Waals surface area (Å²) in [5.41, 5.74) is 0.393. The topological polar surface area (TPSA) is 47.6 Å². The van der Waals surface area contributed by atoms with Crippen molar-refractivity contribution < 1.29 is 14.3 Å². The predicted octanol–water partition coefficient (Wildman–Crippen LogP) is 3.62. The molecule has 1 unspecified atom stereocenters. The van der Waals surface area contributed by atoms with Gasteiger partial charge in [0.2, 0.25) is 0 Å². The highest BCUT2D eigenvalue weighted by atomic mass is 16.5. The van der Waals surface area contributed by atoms with Crippen molar-refractivity contribution in [1.82, 2.24) is 0 Å². The lowest BCUT2D eigenvalue weighted by Crippen LogP contribution is -2.46. The second-order valence-electron chi connectivity index (χ2n) is 6.50. The summed E-state index contributed by atoms with van der Waals surface area (Å²) in [4.78, 5) is 12.5. The number of methoxy groups -OCH3 is 1. The number of ether oxygens (including phenoxy) is 2. The van der Waals surface area contributed by atoms with Gasteiger partial charge in [-0.05, 0) is 43.7 Å². The lowest BCUT2D eigenvalue weighted by Gasteiger charge is -2.31. The summed E-state index contributed by atoms with van der Waals surface area (Å²) in [5.74, 6) is 0.620. The molecule has 0 radical (unpaired) electrons. The third kappa shape index (κ3) is 3.49. The van der Waals surface area contributed by atoms with Gasteiger partial charge in [0.1, 0.15) is 11.3 Å². The second-order valence-corrected chi connectivity index (χ2v) is 6.50. The molecule has 21 heavy (non-hydrogen) atoms. The van der Waals surface area contributed by atoms with Crippen LogP contribution in [0.25, 0.3) is 0 Å². The summed E-state index contributed by atoms with van der Waals surface area (Å²) < 4.78 is 10.6. The van der Waals surface area contributed by atoms with Gasteiger partial charge < -0.3 is 14.8 Å². The molecule has 0 aliphatic heterocycles. The van der Waals surface area contributed by atoms with Crippen LogP contribution >= 0.6 is 0 Å². The van der Waals surface area contributed by atoms with Gasteiger partial charge in [-0.15, -0.1) is 0 Å². The van der Waals surface area contributed by atoms with E-state index >= 15 is 0 Å². The monoisotopic (exact) mass is 291 g/mol. The molecule has 0 saturated heterocycles. The summed E-state index contributed by atoms with van der Waals surface area (Å²) in [5, 5.41) is 3.41. The number of anilines is 1. The number of benzene rings is 1. The zero-order chi connectivity index (χ0) is 15.5. The van der Waals surface area contributed by atoms with Gasteiger partial charge in [-0.3, -0.25) is 0 Å². The molecule has 4 heteroatoms. The van der Waals surface area contributed by atoms with Gasteiger partial charge in [0, 0.05) is 11.8 Å². The fourth-order valence-corrected chi connectivity index (χ4v) is 3.12. The molecule has 1 saturated carbocycles. The molecule has 1 aliphatic carbocycles. The van der Waals surface area contributed by atoms with Crippen LogP contribution in [0.5, 0.6) is 5.75 Å². The number of esters is 1. The Balaban J connectivity index is 2.26. The van der Waals surface area contributed by atoms with E-state index < -0.39 is 5.54 Å². The van der Waals surface area contributed by atoms with Crippen molar-refractivity contribution in [2.45, 2.75) is 45.6 Å². The quantitative estimate of drug-likeness (QED) is 0.842. The van der Waals surface area contributed by atoms with E-state index in [1.165, 1.54) is 0 Å². The zero-order valence-electron chi connectivity index (χ0n) is 13.4. The third-order valence-corrected chi connectivity index (χ3v) is 4.13. The molecule has 0 aromatic heterocycles. The lowest BCUT2D eigenvalue weighted by atomic mass is 9.87. The minimum atomic E-state index is -0.633. The molecular formula is C17H25NO3. The molecule has 1 aliphatic rings. The zero-order valence-corrected chi connectivity index (χ0v) is 13.4. The van der Waals surface area contributed by atoms with Gasteiger partial charge in [-0.2, -0.15) is 0 Å². The van der Waals surface area contributed by atoms with Crippen LogP contribution in [0.2, 0.25) is 0 Å². The molecule has 1 N–H and O–H groups in total. The molecule has 0 amide bonds. The fraction of sp³-hybridized carbons (Fsp3) is 0.588. The summed E-state index contributed by atoms with van der Waals surface area (Å²) in [6.07, 6.45) is 2.56. The lowest BCUT2D eigenvalue weighted by molar-refractivity contribution is -0.148. The molecular weight excluding hydrogens is 266 g/mol. The molecule has 0 bridgehead atoms. The Hall–Kier alpha value is -1.71. The predicted molar refractivity (Wildman–Crippen MR) is 83.6 cm³/mol. The van der Waals surface area contributed by atoms with E-state index in [9.17, 15) is 4.79 Å². The van der Waals surface area contributed by atoms with Crippen LogP contribution in [0.3, 0.4) is 0 Å². The SMILES string of the molecule is CCOC(=O)C1(Nc2cccc(OC)c2)CCC(C)(C)C1. The van der Waals surface area contributed by atoms with Crippen molar-refractivity contribution in [2.24, 2.45) is 5.41 Å². The van der Waals surface area contributed by atoms with E-state index in [0.29, 0.717) is 6.61 Å². The Morgan fingerprint density at radius 1 is 1.33 bits per heavy atom. The Morgan fingerprint density at radius 2 is 2.10 bits per heavy atom. The highest BCUT2D eigenvalue weighted by Crippen LogP contribution is 2.46. The summed E-state index contributed by atoms with van der Waals surface area (Å²) in [6.45, 7) is 6.64. The van der Waals surface area contributed by atoms with Crippen LogP contribution in [0.15, 0.2) is 24.3 Å². The van der Waals surface area contributed by atoms with Gasteiger partial charge in [0.05, 0.1) is 13.7 Å². The molecule has 1 fully saturated rings. The molecule has 1 aromatic rings. The Labute approximate surface area is 126 Å². The Bertz CT molecular complexity index is 513. The average molecular weight is 291 g/mol. The number of nitrogens with one attached hydrogen (secondary N) is 1. The molecule has 1 atom stereocenters. The first-order valence-corrected chi connectivity index (χ1v) is 7.50. The standard InChI is InChI=1S/C17H25NO3/c1-5-21-15(19)17(10-9-16(2,3)12-17)18-13-7-6-8-14(11-13)20-4/h6-8,11,18H,5,9-10,12H2,1-4H3. The van der Waals surface area contributed by atoms with Gasteiger partial charge in [0.15, 0.2) is 0 Å². The summed E-state index contributed by atoms with van der Waals surface area (Å²) >= 11 is 0. The van der Waals surface area contributed by atoms with E-state index in [4.69, 9.17) is 9.47 Å². The number of rotatable bonds is 5. The minimum Gasteiger partial charge on any atom is -0.497 e. The molecule has 2 rings (SSSR count). The highest BCUT2D eigenvalue weighted by molar-refractivity contribution is 5.85. The van der Waals surface area contributed by atoms with Crippen molar-refractivity contribution in [3.8, 4) is 5.75 Å². The van der Waals surface area contributed by atoms with Crippen molar-refractivity contribution in [2.75, 3.05) is 19.0 Å². The van der Waals surface area contributed by atoms with E-state index in [1.54, 1.807) is 7.11 Å². The van der Waals surface area contributed by atoms with Crippen molar-refractivity contribution in [3.63, 3.8) is 0 Å². The summed E-state index contributed by atoms with van der Waals surface area (Å²) in [6, 6.07) is 7.67. The van der Waals surface area contributed by atoms with Gasteiger partial charge in [-0.25, -0.2) is 4.79 Å². The first-order chi connectivity index (χ1) is 9.91. The van der Waals surface area contributed by atoms with Crippen LogP contribution in [-0.2, 0) is 9.53 Å². The second kappa shape index (κ2) is 5.96. The Morgan fingerprint density at radius 3 is 2.67 bits per heavy atom. The van der Waals surface area contributed by atoms with Crippen molar-refractivity contribution >= 4 is 11.7 Å². The maximum atomic E-state index is 12.5. The number of hydrogen-bond acceptors (Lipinski definition) is 4. The smallest absolute Gasteiger partial charge is 0.331 e. The highest BCUT2D eigenvalue weighted by Gasteiger charge is 2.49. The van der Waals surface area contributed by atoms with Crippen LogP contribution in [-0.4, -0.2) is 25.2 Å². The average Bonchev–Trinajstić information content (AvgIpc) is 2.76. The van der Waals surface area contributed by atoms with Gasteiger partial charge in [-0.1, -0.05) is 19.9 Å². The van der Waals surface area contributed by atoms with Crippen LogP contribution in [0, 0.1) is 5.41 Å². The Kier molecular flexibility index (Phi) is 4.45. The molecule has 0 spiro atoms. The van der Waals surface area contributed by atoms with Crippen molar-refractivity contribution in [3.05, 3.63) is 24.3 Å². The first-order valence-electron chi connectivity index (χ1n) is 7.50. The van der Waals surface area contributed by atoms with E-state index in [-0.39, 0.29) is 11.4 Å². The fourth-order valence-electron chi connectivity index (χ4n) is 3.12. The van der Waals surface area contributed by atoms with E-state index in [0.717, 1.165) is 30.7 Å². The van der Waals surface area contributed by atoms with Crippen molar-refractivity contribution in [1.29, 1.82) is 0 Å². The maximum absolute atomic E-state index is 12.5. The maximum Gasteiger partial charge on any atom is 0.331 e. The first kappa shape index (κ1) is 15.7. The largest absolute Gasteiger partial charge is 0.497 e. The normalized spacial score (nSPS) is 23.6. The molecule has 1 aromatic carbocycles. The summed E-state index contributed by atoms with van der Waals surface area (Å²) in [7, 11) is 1.64. The van der Waals surface area contributed by atoms with Crippen LogP contribution in [0.4, 0.5) is 5.69 Å². The molecule has 4 nitrogen and oxygen atoms in total. The van der Waals surface area contributed by atoms with Crippen LogP contribution < -0.4 is 10.1 Å².